The fourth-order valence-electron chi connectivity index (χ4n) is 4.14. The van der Waals surface area contributed by atoms with Gasteiger partial charge >= 0.3 is 0 Å². The van der Waals surface area contributed by atoms with Crippen LogP contribution in [-0.4, -0.2) is 55.7 Å². The van der Waals surface area contributed by atoms with Gasteiger partial charge in [0.05, 0.1) is 18.2 Å². The van der Waals surface area contributed by atoms with Crippen LogP contribution in [0.3, 0.4) is 0 Å². The zero-order valence-electron chi connectivity index (χ0n) is 15.7. The Morgan fingerprint density at radius 1 is 0.862 bits per heavy atom. The van der Waals surface area contributed by atoms with E-state index in [1.54, 1.807) is 12.1 Å². The molecule has 3 heterocycles. The van der Waals surface area contributed by atoms with Crippen LogP contribution in [0.5, 0.6) is 11.5 Å². The summed E-state index contributed by atoms with van der Waals surface area (Å²) in [5, 5.41) is 0. The summed E-state index contributed by atoms with van der Waals surface area (Å²) in [6.07, 6.45) is 0.235. The number of halogens is 1. The molecule has 1 unspecified atom stereocenters. The third-order valence-corrected chi connectivity index (χ3v) is 6.21. The van der Waals surface area contributed by atoms with Gasteiger partial charge in [-0.05, 0) is 36.4 Å². The van der Waals surface area contributed by atoms with Gasteiger partial charge in [0.2, 0.25) is 12.7 Å². The summed E-state index contributed by atoms with van der Waals surface area (Å²) in [5.41, 5.74) is 1.71. The average molecular weight is 458 g/mol. The Kier molecular flexibility index (Phi) is 4.67. The van der Waals surface area contributed by atoms with Crippen LogP contribution in [0.2, 0.25) is 0 Å². The number of carbonyl (C=O) groups excluding carboxylic acids is 2. The minimum Gasteiger partial charge on any atom is -0.454 e. The van der Waals surface area contributed by atoms with Crippen molar-refractivity contribution in [3.05, 3.63) is 46.9 Å². The number of anilines is 2. The zero-order chi connectivity index (χ0) is 20.0. The molecule has 0 bridgehead atoms. The average Bonchev–Trinajstić information content (AvgIpc) is 3.32. The maximum Gasteiger partial charge on any atom is 0.251 e. The van der Waals surface area contributed by atoms with E-state index >= 15 is 0 Å². The van der Waals surface area contributed by atoms with Crippen molar-refractivity contribution in [3.8, 4) is 11.5 Å². The lowest BCUT2D eigenvalue weighted by atomic mass is 10.1. The van der Waals surface area contributed by atoms with E-state index < -0.39 is 0 Å². The number of piperazine rings is 1. The second-order valence-electron chi connectivity index (χ2n) is 7.32. The molecule has 5 rings (SSSR count). The van der Waals surface area contributed by atoms with E-state index in [0.29, 0.717) is 5.69 Å². The van der Waals surface area contributed by atoms with E-state index in [0.717, 1.165) is 47.8 Å². The summed E-state index contributed by atoms with van der Waals surface area (Å²) in [6, 6.07) is 12.8. The fourth-order valence-corrected chi connectivity index (χ4v) is 4.40. The van der Waals surface area contributed by atoms with E-state index in [4.69, 9.17) is 9.47 Å². The lowest BCUT2D eigenvalue weighted by Gasteiger charge is -2.38. The fraction of sp³-hybridized carbons (Fsp3) is 0.333. The third kappa shape index (κ3) is 3.36. The molecule has 0 spiro atoms. The van der Waals surface area contributed by atoms with Gasteiger partial charge in [0, 0.05) is 42.4 Å². The standard InChI is InChI=1S/C21H20BrN3O4/c22-14-1-3-15(4-2-14)25-20(26)12-17(21(25)27)24-9-7-23(8-10-24)16-5-6-18-19(11-16)29-13-28-18/h1-6,11,17H,7-10,12-13H2. The molecule has 2 fully saturated rings. The van der Waals surface area contributed by atoms with Crippen LogP contribution in [-0.2, 0) is 9.59 Å². The highest BCUT2D eigenvalue weighted by atomic mass is 79.9. The summed E-state index contributed by atoms with van der Waals surface area (Å²) in [6.45, 7) is 3.30. The van der Waals surface area contributed by atoms with Crippen molar-refractivity contribution in [2.24, 2.45) is 0 Å². The van der Waals surface area contributed by atoms with Gasteiger partial charge in [0.15, 0.2) is 11.5 Å². The first-order valence-corrected chi connectivity index (χ1v) is 10.4. The van der Waals surface area contributed by atoms with Gasteiger partial charge in [-0.25, -0.2) is 4.90 Å². The highest BCUT2D eigenvalue weighted by Crippen LogP contribution is 2.36. The molecule has 8 heteroatoms. The number of ether oxygens (including phenoxy) is 2. The molecule has 1 atom stereocenters. The van der Waals surface area contributed by atoms with Crippen molar-refractivity contribution in [2.45, 2.75) is 12.5 Å². The van der Waals surface area contributed by atoms with Crippen molar-refractivity contribution in [2.75, 3.05) is 42.8 Å². The minimum absolute atomic E-state index is 0.131. The monoisotopic (exact) mass is 457 g/mol. The second kappa shape index (κ2) is 7.35. The number of benzene rings is 2. The molecule has 3 aliphatic rings. The maximum absolute atomic E-state index is 13.0. The Morgan fingerprint density at radius 2 is 1.55 bits per heavy atom. The molecule has 2 saturated heterocycles. The highest BCUT2D eigenvalue weighted by Gasteiger charge is 2.43. The molecule has 0 aromatic heterocycles. The number of carbonyl (C=O) groups is 2. The van der Waals surface area contributed by atoms with Gasteiger partial charge in [-0.15, -0.1) is 0 Å². The Morgan fingerprint density at radius 3 is 2.31 bits per heavy atom. The Bertz CT molecular complexity index is 957. The second-order valence-corrected chi connectivity index (χ2v) is 8.24. The molecule has 2 amide bonds. The molecule has 3 aliphatic heterocycles. The molecule has 2 aromatic carbocycles. The smallest absolute Gasteiger partial charge is 0.251 e. The molecular formula is C21H20BrN3O4. The number of rotatable bonds is 3. The van der Waals surface area contributed by atoms with Gasteiger partial charge in [-0.1, -0.05) is 15.9 Å². The molecule has 2 aromatic rings. The molecule has 0 aliphatic carbocycles. The first-order chi connectivity index (χ1) is 14.1. The number of amides is 2. The topological polar surface area (TPSA) is 62.3 Å². The number of imide groups is 1. The van der Waals surface area contributed by atoms with Crippen molar-refractivity contribution < 1.29 is 19.1 Å². The Balaban J connectivity index is 1.26. The minimum atomic E-state index is -0.384. The predicted octanol–water partition coefficient (Wildman–Crippen LogP) is 2.63. The van der Waals surface area contributed by atoms with Crippen LogP contribution in [0, 0.1) is 0 Å². The van der Waals surface area contributed by atoms with Crippen LogP contribution >= 0.6 is 15.9 Å². The van der Waals surface area contributed by atoms with Crippen LogP contribution in [0.25, 0.3) is 0 Å². The molecule has 0 radical (unpaired) electrons. The number of hydrogen-bond acceptors (Lipinski definition) is 6. The van der Waals surface area contributed by atoms with Gasteiger partial charge in [0.25, 0.3) is 5.91 Å². The number of hydrogen-bond donors (Lipinski definition) is 0. The predicted molar refractivity (Wildman–Crippen MR) is 111 cm³/mol. The van der Waals surface area contributed by atoms with E-state index in [9.17, 15) is 9.59 Å². The summed E-state index contributed by atoms with van der Waals surface area (Å²) in [7, 11) is 0. The first-order valence-electron chi connectivity index (χ1n) is 9.61. The zero-order valence-corrected chi connectivity index (χ0v) is 17.3. The first kappa shape index (κ1) is 18.4. The lowest BCUT2D eigenvalue weighted by Crippen LogP contribution is -2.52. The number of nitrogens with zero attached hydrogens (tertiary/aromatic N) is 3. The largest absolute Gasteiger partial charge is 0.454 e. The SMILES string of the molecule is O=C1CC(N2CCN(c3ccc4c(c3)OCO4)CC2)C(=O)N1c1ccc(Br)cc1. The summed E-state index contributed by atoms with van der Waals surface area (Å²) >= 11 is 3.38. The normalized spacial score (nSPS) is 21.9. The van der Waals surface area contributed by atoms with E-state index in [1.165, 1.54) is 4.90 Å². The summed E-state index contributed by atoms with van der Waals surface area (Å²) in [5.74, 6) is 1.27. The van der Waals surface area contributed by atoms with Crippen LogP contribution in [0.15, 0.2) is 46.9 Å². The molecular weight excluding hydrogens is 438 g/mol. The van der Waals surface area contributed by atoms with Gasteiger partial charge in [0.1, 0.15) is 0 Å². The Hall–Kier alpha value is -2.58. The van der Waals surface area contributed by atoms with Gasteiger partial charge in [-0.2, -0.15) is 0 Å². The number of fused-ring (bicyclic) bond motifs is 1. The molecule has 29 heavy (non-hydrogen) atoms. The summed E-state index contributed by atoms with van der Waals surface area (Å²) in [4.78, 5) is 31.3. The molecule has 7 nitrogen and oxygen atoms in total. The molecule has 0 N–H and O–H groups in total. The van der Waals surface area contributed by atoms with Gasteiger partial charge < -0.3 is 14.4 Å². The molecule has 150 valence electrons. The van der Waals surface area contributed by atoms with Crippen LogP contribution in [0.4, 0.5) is 11.4 Å². The van der Waals surface area contributed by atoms with E-state index in [-0.39, 0.29) is 31.1 Å². The van der Waals surface area contributed by atoms with Crippen molar-refractivity contribution in [1.82, 2.24) is 4.90 Å². The maximum atomic E-state index is 13.0. The highest BCUT2D eigenvalue weighted by molar-refractivity contribution is 9.10. The van der Waals surface area contributed by atoms with E-state index in [1.807, 2.05) is 30.3 Å². The van der Waals surface area contributed by atoms with Crippen molar-refractivity contribution >= 4 is 39.1 Å². The Labute approximate surface area is 176 Å². The van der Waals surface area contributed by atoms with Crippen molar-refractivity contribution in [3.63, 3.8) is 0 Å². The summed E-state index contributed by atoms with van der Waals surface area (Å²) < 4.78 is 11.8. The van der Waals surface area contributed by atoms with Crippen LogP contribution < -0.4 is 19.3 Å². The van der Waals surface area contributed by atoms with Crippen molar-refractivity contribution in [1.29, 1.82) is 0 Å². The van der Waals surface area contributed by atoms with E-state index in [2.05, 4.69) is 25.7 Å². The molecule has 0 saturated carbocycles. The van der Waals surface area contributed by atoms with Crippen LogP contribution in [0.1, 0.15) is 6.42 Å². The quantitative estimate of drug-likeness (QED) is 0.660. The lowest BCUT2D eigenvalue weighted by molar-refractivity contribution is -0.123. The van der Waals surface area contributed by atoms with Gasteiger partial charge in [-0.3, -0.25) is 14.5 Å². The third-order valence-electron chi connectivity index (χ3n) is 5.68.